The molecule has 1 unspecified atom stereocenters. The summed E-state index contributed by atoms with van der Waals surface area (Å²) in [7, 11) is 1.73. The van der Waals surface area contributed by atoms with Gasteiger partial charge in [-0.3, -0.25) is 4.79 Å². The van der Waals surface area contributed by atoms with Gasteiger partial charge in [-0.1, -0.05) is 15.9 Å². The molecule has 0 aliphatic carbocycles. The minimum absolute atomic E-state index is 0.113. The van der Waals surface area contributed by atoms with E-state index in [0.717, 1.165) is 18.2 Å². The lowest BCUT2D eigenvalue weighted by Gasteiger charge is -2.18. The lowest BCUT2D eigenvalue weighted by molar-refractivity contribution is -0.131. The number of likely N-dealkylation sites (N-methyl/N-ethyl adjacent to an activating group) is 1. The van der Waals surface area contributed by atoms with Gasteiger partial charge in [-0.25, -0.2) is 0 Å². The maximum atomic E-state index is 11.4. The van der Waals surface area contributed by atoms with Crippen LogP contribution in [-0.4, -0.2) is 40.9 Å². The molecular weight excluding hydrogens is 234 g/mol. The third-order valence-corrected chi connectivity index (χ3v) is 2.30. The molecule has 0 saturated heterocycles. The molecule has 0 saturated carbocycles. The average Bonchev–Trinajstić information content (AvgIpc) is 2.03. The number of unbranched alkanes of at least 4 members (excludes halogenated alkanes) is 1. The van der Waals surface area contributed by atoms with E-state index >= 15 is 0 Å². The number of carbonyl (C=O) groups is 1. The van der Waals surface area contributed by atoms with Crippen molar-refractivity contribution in [2.24, 2.45) is 0 Å². The van der Waals surface area contributed by atoms with Gasteiger partial charge in [0, 0.05) is 25.3 Å². The Morgan fingerprint density at radius 1 is 1.54 bits per heavy atom. The van der Waals surface area contributed by atoms with E-state index in [2.05, 4.69) is 15.9 Å². The summed E-state index contributed by atoms with van der Waals surface area (Å²) < 4.78 is 0. The van der Waals surface area contributed by atoms with Gasteiger partial charge in [0.25, 0.3) is 0 Å². The van der Waals surface area contributed by atoms with Gasteiger partial charge in [0.1, 0.15) is 0 Å². The topological polar surface area (TPSA) is 40.5 Å². The fraction of sp³-hybridized carbons (Fsp3) is 0.889. The van der Waals surface area contributed by atoms with E-state index in [0.29, 0.717) is 13.0 Å². The van der Waals surface area contributed by atoms with Crippen molar-refractivity contribution in [1.82, 2.24) is 4.90 Å². The normalized spacial score (nSPS) is 12.6. The Morgan fingerprint density at radius 2 is 2.15 bits per heavy atom. The molecule has 0 spiro atoms. The van der Waals surface area contributed by atoms with Crippen molar-refractivity contribution in [1.29, 1.82) is 0 Å². The van der Waals surface area contributed by atoms with Crippen molar-refractivity contribution in [3.05, 3.63) is 0 Å². The highest BCUT2D eigenvalue weighted by molar-refractivity contribution is 9.09. The molecule has 1 atom stereocenters. The highest BCUT2D eigenvalue weighted by atomic mass is 79.9. The van der Waals surface area contributed by atoms with E-state index < -0.39 is 6.10 Å². The number of hydrogen-bond donors (Lipinski definition) is 1. The first-order valence-electron chi connectivity index (χ1n) is 4.56. The quantitative estimate of drug-likeness (QED) is 0.573. The molecule has 0 rings (SSSR count). The lowest BCUT2D eigenvalue weighted by atomic mass is 10.2. The van der Waals surface area contributed by atoms with Crippen LogP contribution in [0.25, 0.3) is 0 Å². The second-order valence-electron chi connectivity index (χ2n) is 3.27. The van der Waals surface area contributed by atoms with E-state index in [9.17, 15) is 4.79 Å². The fourth-order valence-electron chi connectivity index (χ4n) is 1.06. The number of nitrogens with zero attached hydrogens (tertiary/aromatic N) is 1. The zero-order valence-electron chi connectivity index (χ0n) is 8.29. The van der Waals surface area contributed by atoms with Gasteiger partial charge in [0.15, 0.2) is 0 Å². The van der Waals surface area contributed by atoms with Crippen LogP contribution >= 0.6 is 15.9 Å². The Balaban J connectivity index is 3.57. The van der Waals surface area contributed by atoms with Crippen LogP contribution < -0.4 is 0 Å². The monoisotopic (exact) mass is 251 g/mol. The highest BCUT2D eigenvalue weighted by Gasteiger charge is 2.09. The molecule has 0 aliphatic rings. The summed E-state index contributed by atoms with van der Waals surface area (Å²) in [5.41, 5.74) is 0. The Bertz CT molecular complexity index is 151. The molecule has 78 valence electrons. The second kappa shape index (κ2) is 7.33. The molecule has 0 bridgehead atoms. The first kappa shape index (κ1) is 12.9. The minimum atomic E-state index is -0.440. The molecular formula is C9H18BrNO2. The van der Waals surface area contributed by atoms with Gasteiger partial charge in [-0.15, -0.1) is 0 Å². The van der Waals surface area contributed by atoms with Crippen LogP contribution in [0.5, 0.6) is 0 Å². The number of rotatable bonds is 6. The second-order valence-corrected chi connectivity index (χ2v) is 4.06. The molecule has 0 aromatic rings. The summed E-state index contributed by atoms with van der Waals surface area (Å²) in [5, 5.41) is 9.99. The molecule has 0 fully saturated rings. The van der Waals surface area contributed by atoms with Crippen molar-refractivity contribution < 1.29 is 9.90 Å². The summed E-state index contributed by atoms with van der Waals surface area (Å²) >= 11 is 3.31. The van der Waals surface area contributed by atoms with E-state index in [4.69, 9.17) is 5.11 Å². The zero-order chi connectivity index (χ0) is 10.3. The van der Waals surface area contributed by atoms with Crippen molar-refractivity contribution in [3.63, 3.8) is 0 Å². The summed E-state index contributed by atoms with van der Waals surface area (Å²) in [5.74, 6) is 0.113. The van der Waals surface area contributed by atoms with Crippen molar-refractivity contribution in [3.8, 4) is 0 Å². The number of hydrogen-bond acceptors (Lipinski definition) is 2. The maximum Gasteiger partial charge on any atom is 0.222 e. The zero-order valence-corrected chi connectivity index (χ0v) is 9.88. The Kier molecular flexibility index (Phi) is 7.28. The third-order valence-electron chi connectivity index (χ3n) is 1.74. The van der Waals surface area contributed by atoms with Crippen LogP contribution in [0.1, 0.15) is 26.2 Å². The fourth-order valence-corrected chi connectivity index (χ4v) is 1.46. The molecule has 13 heavy (non-hydrogen) atoms. The third kappa shape index (κ3) is 7.02. The van der Waals surface area contributed by atoms with E-state index in [1.54, 1.807) is 18.9 Å². The molecule has 1 N–H and O–H groups in total. The van der Waals surface area contributed by atoms with Gasteiger partial charge < -0.3 is 10.0 Å². The lowest BCUT2D eigenvalue weighted by Crippen LogP contribution is -2.32. The summed E-state index contributed by atoms with van der Waals surface area (Å²) in [6.07, 6.45) is 2.07. The van der Waals surface area contributed by atoms with Crippen LogP contribution in [0.15, 0.2) is 0 Å². The predicted molar refractivity (Wildman–Crippen MR) is 57.0 cm³/mol. The van der Waals surface area contributed by atoms with E-state index in [1.165, 1.54) is 0 Å². The molecule has 0 radical (unpaired) electrons. The minimum Gasteiger partial charge on any atom is -0.392 e. The smallest absolute Gasteiger partial charge is 0.222 e. The first-order chi connectivity index (χ1) is 6.07. The Hall–Kier alpha value is -0.0900. The van der Waals surface area contributed by atoms with Gasteiger partial charge in [-0.05, 0) is 19.8 Å². The van der Waals surface area contributed by atoms with E-state index in [1.807, 2.05) is 0 Å². The molecule has 0 aromatic heterocycles. The average molecular weight is 252 g/mol. The van der Waals surface area contributed by atoms with Gasteiger partial charge in [0.2, 0.25) is 5.91 Å². The van der Waals surface area contributed by atoms with Gasteiger partial charge >= 0.3 is 0 Å². The van der Waals surface area contributed by atoms with Crippen molar-refractivity contribution in [2.45, 2.75) is 32.3 Å². The SMILES string of the molecule is CC(O)CN(C)C(=O)CCCCBr. The largest absolute Gasteiger partial charge is 0.392 e. The number of carbonyl (C=O) groups excluding carboxylic acids is 1. The number of alkyl halides is 1. The first-order valence-corrected chi connectivity index (χ1v) is 5.68. The number of aliphatic hydroxyl groups excluding tert-OH is 1. The molecule has 1 amide bonds. The van der Waals surface area contributed by atoms with Crippen LogP contribution in [0, 0.1) is 0 Å². The van der Waals surface area contributed by atoms with Crippen LogP contribution in [0.3, 0.4) is 0 Å². The number of halogens is 1. The standard InChI is InChI=1S/C9H18BrNO2/c1-8(12)7-11(2)9(13)5-3-4-6-10/h8,12H,3-7H2,1-2H3. The van der Waals surface area contributed by atoms with E-state index in [-0.39, 0.29) is 5.91 Å². The summed E-state index contributed by atoms with van der Waals surface area (Å²) in [6.45, 7) is 2.11. The van der Waals surface area contributed by atoms with Crippen LogP contribution in [-0.2, 0) is 4.79 Å². The van der Waals surface area contributed by atoms with Gasteiger partial charge in [0.05, 0.1) is 6.10 Å². The molecule has 3 nitrogen and oxygen atoms in total. The van der Waals surface area contributed by atoms with Gasteiger partial charge in [-0.2, -0.15) is 0 Å². The van der Waals surface area contributed by atoms with Crippen molar-refractivity contribution in [2.75, 3.05) is 18.9 Å². The molecule has 0 heterocycles. The Morgan fingerprint density at radius 3 is 2.62 bits per heavy atom. The van der Waals surface area contributed by atoms with Crippen molar-refractivity contribution >= 4 is 21.8 Å². The molecule has 4 heteroatoms. The maximum absolute atomic E-state index is 11.4. The number of amides is 1. The predicted octanol–water partition coefficient (Wildman–Crippen LogP) is 1.39. The number of aliphatic hydroxyl groups is 1. The molecule has 0 aromatic carbocycles. The van der Waals surface area contributed by atoms with Crippen LogP contribution in [0.4, 0.5) is 0 Å². The highest BCUT2D eigenvalue weighted by Crippen LogP contribution is 2.02. The summed E-state index contributed by atoms with van der Waals surface area (Å²) in [6, 6.07) is 0. The molecule has 0 aliphatic heterocycles. The Labute approximate surface area is 88.2 Å². The van der Waals surface area contributed by atoms with Crippen LogP contribution in [0.2, 0.25) is 0 Å². The summed E-state index contributed by atoms with van der Waals surface area (Å²) in [4.78, 5) is 12.9.